The van der Waals surface area contributed by atoms with E-state index in [0.29, 0.717) is 17.4 Å². The molecule has 0 spiro atoms. The van der Waals surface area contributed by atoms with E-state index in [1.165, 1.54) is 0 Å². The Balaban J connectivity index is 2.55. The Morgan fingerprint density at radius 1 is 1.43 bits per heavy atom. The molecule has 2 aromatic rings. The number of nitrogens with one attached hydrogen (secondary N) is 1. The first-order valence-corrected chi connectivity index (χ1v) is 5.80. The van der Waals surface area contributed by atoms with Gasteiger partial charge in [0.2, 0.25) is 0 Å². The zero-order chi connectivity index (χ0) is 15.6. The number of nitro benzene ring substituents is 1. The van der Waals surface area contributed by atoms with Crippen LogP contribution in [0.5, 0.6) is 0 Å². The van der Waals surface area contributed by atoms with Crippen molar-refractivity contribution < 1.29 is 19.2 Å². The number of carboxylic acids is 1. The normalized spacial score (nSPS) is 10.2. The molecule has 0 saturated heterocycles. The summed E-state index contributed by atoms with van der Waals surface area (Å²) in [6, 6.07) is 4.71. The number of benzene rings is 1. The summed E-state index contributed by atoms with van der Waals surface area (Å²) in [6.45, 7) is 1.68. The fourth-order valence-corrected chi connectivity index (χ4v) is 1.74. The molecule has 0 atom stereocenters. The van der Waals surface area contributed by atoms with E-state index < -0.39 is 28.0 Å². The molecule has 2 N–H and O–H groups in total. The first-order chi connectivity index (χ1) is 9.90. The Morgan fingerprint density at radius 2 is 2.14 bits per heavy atom. The number of anilines is 2. The summed E-state index contributed by atoms with van der Waals surface area (Å²) in [6.07, 6.45) is 1.54. The Labute approximate surface area is 118 Å². The number of aryl methyl sites for hydroxylation is 1. The van der Waals surface area contributed by atoms with Crippen LogP contribution in [0.4, 0.5) is 21.5 Å². The van der Waals surface area contributed by atoms with E-state index in [4.69, 9.17) is 5.11 Å². The van der Waals surface area contributed by atoms with Crippen molar-refractivity contribution in [1.82, 2.24) is 4.98 Å². The lowest BCUT2D eigenvalue weighted by Gasteiger charge is -2.10. The number of pyridine rings is 1. The molecule has 0 radical (unpaired) electrons. The lowest BCUT2D eigenvalue weighted by atomic mass is 10.1. The standard InChI is InChI=1S/C13H10FN3O4/c1-7-10(3-2-4-15-7)16-11-5-8(13(18)19)9(14)6-12(11)17(20)21/h2-6,16H,1H3,(H,18,19). The monoisotopic (exact) mass is 291 g/mol. The molecule has 8 heteroatoms. The Kier molecular flexibility index (Phi) is 3.79. The second-order valence-electron chi connectivity index (χ2n) is 4.17. The highest BCUT2D eigenvalue weighted by molar-refractivity contribution is 5.91. The molecular formula is C13H10FN3O4. The highest BCUT2D eigenvalue weighted by Gasteiger charge is 2.22. The lowest BCUT2D eigenvalue weighted by Crippen LogP contribution is -2.05. The minimum Gasteiger partial charge on any atom is -0.478 e. The fraction of sp³-hybridized carbons (Fsp3) is 0.0769. The largest absolute Gasteiger partial charge is 0.478 e. The quantitative estimate of drug-likeness (QED) is 0.662. The van der Waals surface area contributed by atoms with Crippen molar-refractivity contribution in [3.8, 4) is 0 Å². The van der Waals surface area contributed by atoms with Crippen LogP contribution in [0.15, 0.2) is 30.5 Å². The van der Waals surface area contributed by atoms with Crippen LogP contribution in [0.1, 0.15) is 16.1 Å². The van der Waals surface area contributed by atoms with Gasteiger partial charge in [0.25, 0.3) is 5.69 Å². The van der Waals surface area contributed by atoms with Crippen LogP contribution >= 0.6 is 0 Å². The van der Waals surface area contributed by atoms with Gasteiger partial charge in [0.1, 0.15) is 11.5 Å². The molecule has 0 fully saturated rings. The smallest absolute Gasteiger partial charge is 0.338 e. The molecule has 21 heavy (non-hydrogen) atoms. The van der Waals surface area contributed by atoms with Gasteiger partial charge in [-0.15, -0.1) is 0 Å². The Morgan fingerprint density at radius 3 is 2.71 bits per heavy atom. The molecule has 0 aliphatic carbocycles. The predicted octanol–water partition coefficient (Wildman–Crippen LogP) is 2.88. The van der Waals surface area contributed by atoms with Crippen LogP contribution in [-0.2, 0) is 0 Å². The maximum atomic E-state index is 13.5. The topological polar surface area (TPSA) is 105 Å². The highest BCUT2D eigenvalue weighted by atomic mass is 19.1. The number of hydrogen-bond acceptors (Lipinski definition) is 5. The minimum absolute atomic E-state index is 0.116. The van der Waals surface area contributed by atoms with Gasteiger partial charge in [-0.3, -0.25) is 15.1 Å². The summed E-state index contributed by atoms with van der Waals surface area (Å²) in [5, 5.41) is 22.6. The number of rotatable bonds is 4. The van der Waals surface area contributed by atoms with Crippen molar-refractivity contribution in [3.63, 3.8) is 0 Å². The van der Waals surface area contributed by atoms with E-state index in [1.54, 1.807) is 25.3 Å². The molecule has 108 valence electrons. The molecular weight excluding hydrogens is 281 g/mol. The van der Waals surface area contributed by atoms with Crippen LogP contribution in [0.3, 0.4) is 0 Å². The molecule has 7 nitrogen and oxygen atoms in total. The van der Waals surface area contributed by atoms with E-state index >= 15 is 0 Å². The van der Waals surface area contributed by atoms with E-state index in [-0.39, 0.29) is 5.69 Å². The van der Waals surface area contributed by atoms with E-state index in [1.807, 2.05) is 0 Å². The van der Waals surface area contributed by atoms with Crippen molar-refractivity contribution in [1.29, 1.82) is 0 Å². The molecule has 2 rings (SSSR count). The molecule has 1 heterocycles. The van der Waals surface area contributed by atoms with Gasteiger partial charge in [0.15, 0.2) is 0 Å². The minimum atomic E-state index is -1.51. The number of carboxylic acid groups (broad SMARTS) is 1. The number of hydrogen-bond donors (Lipinski definition) is 2. The summed E-state index contributed by atoms with van der Waals surface area (Å²) in [5.74, 6) is -2.67. The second kappa shape index (κ2) is 5.53. The van der Waals surface area contributed by atoms with Gasteiger partial charge in [-0.1, -0.05) is 0 Å². The van der Waals surface area contributed by atoms with E-state index in [2.05, 4.69) is 10.3 Å². The van der Waals surface area contributed by atoms with Gasteiger partial charge in [-0.2, -0.15) is 0 Å². The average molecular weight is 291 g/mol. The molecule has 0 saturated carbocycles. The third kappa shape index (κ3) is 2.94. The second-order valence-corrected chi connectivity index (χ2v) is 4.17. The third-order valence-electron chi connectivity index (χ3n) is 2.79. The highest BCUT2D eigenvalue weighted by Crippen LogP contribution is 2.31. The Hall–Kier alpha value is -3.03. The Bertz CT molecular complexity index is 733. The maximum Gasteiger partial charge on any atom is 0.338 e. The number of aromatic nitrogens is 1. The number of aromatic carboxylic acids is 1. The van der Waals surface area contributed by atoms with Gasteiger partial charge in [-0.25, -0.2) is 9.18 Å². The maximum absolute atomic E-state index is 13.5. The molecule has 1 aromatic carbocycles. The van der Waals surface area contributed by atoms with Gasteiger partial charge in [-0.05, 0) is 25.1 Å². The molecule has 0 aliphatic heterocycles. The third-order valence-corrected chi connectivity index (χ3v) is 2.79. The average Bonchev–Trinajstić information content (AvgIpc) is 2.42. The molecule has 1 aromatic heterocycles. The van der Waals surface area contributed by atoms with Crippen LogP contribution in [-0.4, -0.2) is 21.0 Å². The zero-order valence-corrected chi connectivity index (χ0v) is 10.8. The van der Waals surface area contributed by atoms with Crippen LogP contribution in [0.25, 0.3) is 0 Å². The van der Waals surface area contributed by atoms with E-state index in [0.717, 1.165) is 6.07 Å². The summed E-state index contributed by atoms with van der Waals surface area (Å²) < 4.78 is 13.5. The van der Waals surface area contributed by atoms with Crippen LogP contribution in [0, 0.1) is 22.9 Å². The number of nitrogens with zero attached hydrogens (tertiary/aromatic N) is 2. The van der Waals surface area contributed by atoms with Crippen LogP contribution in [0.2, 0.25) is 0 Å². The fourth-order valence-electron chi connectivity index (χ4n) is 1.74. The number of halogens is 1. The SMILES string of the molecule is Cc1ncccc1Nc1cc(C(=O)O)c(F)cc1[N+](=O)[O-]. The summed E-state index contributed by atoms with van der Waals surface area (Å²) >= 11 is 0. The van der Waals surface area contributed by atoms with Gasteiger partial charge < -0.3 is 10.4 Å². The van der Waals surface area contributed by atoms with Gasteiger partial charge in [0, 0.05) is 6.20 Å². The molecule has 0 aliphatic rings. The molecule has 0 unspecified atom stereocenters. The van der Waals surface area contributed by atoms with Gasteiger partial charge >= 0.3 is 5.97 Å². The number of nitro groups is 1. The first-order valence-electron chi connectivity index (χ1n) is 5.80. The van der Waals surface area contributed by atoms with Crippen LogP contribution < -0.4 is 5.32 Å². The van der Waals surface area contributed by atoms with Crippen molar-refractivity contribution in [2.45, 2.75) is 6.92 Å². The van der Waals surface area contributed by atoms with Crippen molar-refractivity contribution in [2.24, 2.45) is 0 Å². The summed E-state index contributed by atoms with van der Waals surface area (Å²) in [4.78, 5) is 25.1. The molecule has 0 amide bonds. The van der Waals surface area contributed by atoms with Crippen molar-refractivity contribution in [3.05, 3.63) is 57.7 Å². The number of carbonyl (C=O) groups is 1. The molecule has 0 bridgehead atoms. The van der Waals surface area contributed by atoms with Gasteiger partial charge in [0.05, 0.1) is 27.9 Å². The summed E-state index contributed by atoms with van der Waals surface area (Å²) in [7, 11) is 0. The van der Waals surface area contributed by atoms with E-state index in [9.17, 15) is 19.3 Å². The van der Waals surface area contributed by atoms with Crippen molar-refractivity contribution in [2.75, 3.05) is 5.32 Å². The first kappa shape index (κ1) is 14.4. The predicted molar refractivity (Wildman–Crippen MR) is 72.3 cm³/mol. The lowest BCUT2D eigenvalue weighted by molar-refractivity contribution is -0.384. The van der Waals surface area contributed by atoms with Crippen molar-refractivity contribution >= 4 is 23.0 Å². The summed E-state index contributed by atoms with van der Waals surface area (Å²) in [5.41, 5.74) is -0.295. The zero-order valence-electron chi connectivity index (χ0n) is 10.8.